The van der Waals surface area contributed by atoms with E-state index in [0.29, 0.717) is 12.4 Å². The molecule has 0 aliphatic carbocycles. The molecule has 3 rings (SSSR count). The summed E-state index contributed by atoms with van der Waals surface area (Å²) in [5.41, 5.74) is 4.02. The predicted octanol–water partition coefficient (Wildman–Crippen LogP) is 1.52. The molecule has 0 bridgehead atoms. The van der Waals surface area contributed by atoms with Gasteiger partial charge >= 0.3 is 0 Å². The Bertz CT molecular complexity index is 753. The quantitative estimate of drug-likeness (QED) is 0.929. The molecule has 2 aromatic heterocycles. The van der Waals surface area contributed by atoms with E-state index in [0.717, 1.165) is 22.6 Å². The highest BCUT2D eigenvalue weighted by Gasteiger charge is 2.41. The number of hydrogen-bond donors (Lipinski definition) is 1. The molecule has 1 aliphatic heterocycles. The molecule has 2 aromatic rings. The van der Waals surface area contributed by atoms with Crippen LogP contribution in [0, 0.1) is 20.8 Å². The SMILES string of the molecule is Cc1ccnc(N[C@@H]2CC(=O)N(C)[C@H]2c2c(C)nn(C)c2C)n1. The highest BCUT2D eigenvalue weighted by atomic mass is 16.2. The molecule has 122 valence electrons. The van der Waals surface area contributed by atoms with Gasteiger partial charge in [0.25, 0.3) is 0 Å². The van der Waals surface area contributed by atoms with Crippen LogP contribution in [0.1, 0.15) is 35.1 Å². The first-order chi connectivity index (χ1) is 10.9. The van der Waals surface area contributed by atoms with Gasteiger partial charge in [0.05, 0.1) is 17.8 Å². The monoisotopic (exact) mass is 314 g/mol. The lowest BCUT2D eigenvalue weighted by atomic mass is 9.98. The number of likely N-dealkylation sites (N-methyl/N-ethyl adjacent to an activating group) is 1. The molecule has 3 heterocycles. The fourth-order valence-electron chi connectivity index (χ4n) is 3.30. The van der Waals surface area contributed by atoms with E-state index in [1.54, 1.807) is 11.1 Å². The first kappa shape index (κ1) is 15.5. The van der Waals surface area contributed by atoms with Crippen molar-refractivity contribution in [3.05, 3.63) is 34.9 Å². The van der Waals surface area contributed by atoms with Crippen molar-refractivity contribution in [1.82, 2.24) is 24.6 Å². The first-order valence-electron chi connectivity index (χ1n) is 7.70. The second-order valence-corrected chi connectivity index (χ2v) is 6.13. The lowest BCUT2D eigenvalue weighted by Gasteiger charge is -2.26. The van der Waals surface area contributed by atoms with Crippen molar-refractivity contribution >= 4 is 11.9 Å². The fraction of sp³-hybridized carbons (Fsp3) is 0.500. The molecule has 1 aliphatic rings. The van der Waals surface area contributed by atoms with Gasteiger partial charge in [-0.05, 0) is 26.8 Å². The first-order valence-corrected chi connectivity index (χ1v) is 7.70. The lowest BCUT2D eigenvalue weighted by molar-refractivity contribution is -0.127. The number of likely N-dealkylation sites (tertiary alicyclic amines) is 1. The summed E-state index contributed by atoms with van der Waals surface area (Å²) in [7, 11) is 3.77. The fourth-order valence-corrected chi connectivity index (χ4v) is 3.30. The van der Waals surface area contributed by atoms with Gasteiger partial charge in [-0.1, -0.05) is 0 Å². The number of amides is 1. The Morgan fingerprint density at radius 3 is 2.61 bits per heavy atom. The second kappa shape index (κ2) is 5.64. The number of aromatic nitrogens is 4. The maximum atomic E-state index is 12.3. The molecular formula is C16H22N6O. The number of aryl methyl sites for hydroxylation is 3. The van der Waals surface area contributed by atoms with Crippen molar-refractivity contribution in [2.24, 2.45) is 7.05 Å². The summed E-state index contributed by atoms with van der Waals surface area (Å²) in [5, 5.41) is 7.82. The Balaban J connectivity index is 1.97. The van der Waals surface area contributed by atoms with Crippen molar-refractivity contribution < 1.29 is 4.79 Å². The Morgan fingerprint density at radius 2 is 2.00 bits per heavy atom. The molecular weight excluding hydrogens is 292 g/mol. The Hall–Kier alpha value is -2.44. The van der Waals surface area contributed by atoms with Gasteiger partial charge in [-0.2, -0.15) is 5.10 Å². The molecule has 1 amide bonds. The zero-order valence-corrected chi connectivity index (χ0v) is 14.2. The average Bonchev–Trinajstić information content (AvgIpc) is 2.88. The maximum Gasteiger partial charge on any atom is 0.225 e. The third-order valence-electron chi connectivity index (χ3n) is 4.56. The van der Waals surface area contributed by atoms with Crippen LogP contribution < -0.4 is 5.32 Å². The predicted molar refractivity (Wildman–Crippen MR) is 87.0 cm³/mol. The molecule has 23 heavy (non-hydrogen) atoms. The number of hydrogen-bond acceptors (Lipinski definition) is 5. The summed E-state index contributed by atoms with van der Waals surface area (Å²) >= 11 is 0. The summed E-state index contributed by atoms with van der Waals surface area (Å²) in [6.07, 6.45) is 2.15. The lowest BCUT2D eigenvalue weighted by Crippen LogP contribution is -2.31. The minimum atomic E-state index is -0.0732. The number of anilines is 1. The van der Waals surface area contributed by atoms with Gasteiger partial charge in [0, 0.05) is 43.7 Å². The van der Waals surface area contributed by atoms with Gasteiger partial charge in [0.2, 0.25) is 11.9 Å². The second-order valence-electron chi connectivity index (χ2n) is 6.13. The molecule has 1 fully saturated rings. The zero-order valence-electron chi connectivity index (χ0n) is 14.2. The minimum absolute atomic E-state index is 0.0692. The number of nitrogens with zero attached hydrogens (tertiary/aromatic N) is 5. The Kier molecular flexibility index (Phi) is 3.79. The van der Waals surface area contributed by atoms with Crippen molar-refractivity contribution in [2.45, 2.75) is 39.3 Å². The minimum Gasteiger partial charge on any atom is -0.349 e. The van der Waals surface area contributed by atoms with E-state index in [2.05, 4.69) is 20.4 Å². The van der Waals surface area contributed by atoms with E-state index in [1.807, 2.05) is 45.6 Å². The van der Waals surface area contributed by atoms with Crippen LogP contribution in [0.3, 0.4) is 0 Å². The molecule has 0 unspecified atom stereocenters. The molecule has 7 heteroatoms. The van der Waals surface area contributed by atoms with Crippen LogP contribution in [0.15, 0.2) is 12.3 Å². The summed E-state index contributed by atoms with van der Waals surface area (Å²) in [4.78, 5) is 22.7. The van der Waals surface area contributed by atoms with Crippen LogP contribution in [0.5, 0.6) is 0 Å². The van der Waals surface area contributed by atoms with Gasteiger partial charge in [0.1, 0.15) is 0 Å². The standard InChI is InChI=1S/C16H22N6O/c1-9-6-7-17-16(18-9)19-12-8-13(23)21(4)15(12)14-10(2)20-22(5)11(14)3/h6-7,12,15H,8H2,1-5H3,(H,17,18,19)/t12-,15-/m1/s1. The van der Waals surface area contributed by atoms with E-state index in [-0.39, 0.29) is 18.0 Å². The normalized spacial score (nSPS) is 21.1. The van der Waals surface area contributed by atoms with Crippen molar-refractivity contribution in [2.75, 3.05) is 12.4 Å². The Labute approximate surface area is 135 Å². The smallest absolute Gasteiger partial charge is 0.225 e. The van der Waals surface area contributed by atoms with Crippen LogP contribution in [0.2, 0.25) is 0 Å². The van der Waals surface area contributed by atoms with E-state index in [4.69, 9.17) is 0 Å². The van der Waals surface area contributed by atoms with Crippen LogP contribution in [0.4, 0.5) is 5.95 Å². The summed E-state index contributed by atoms with van der Waals surface area (Å²) in [6, 6.07) is 1.71. The van der Waals surface area contributed by atoms with E-state index in [9.17, 15) is 4.79 Å². The molecule has 0 spiro atoms. The molecule has 1 N–H and O–H groups in total. The van der Waals surface area contributed by atoms with E-state index in [1.165, 1.54) is 0 Å². The van der Waals surface area contributed by atoms with Gasteiger partial charge in [0.15, 0.2) is 0 Å². The van der Waals surface area contributed by atoms with Gasteiger partial charge < -0.3 is 10.2 Å². The third kappa shape index (κ3) is 2.67. The molecule has 0 saturated carbocycles. The highest BCUT2D eigenvalue weighted by Crippen LogP contribution is 2.36. The van der Waals surface area contributed by atoms with Crippen LogP contribution in [-0.4, -0.2) is 43.6 Å². The molecule has 1 saturated heterocycles. The zero-order chi connectivity index (χ0) is 16.7. The van der Waals surface area contributed by atoms with Crippen molar-refractivity contribution in [3.8, 4) is 0 Å². The number of carbonyl (C=O) groups excluding carboxylic acids is 1. The number of nitrogens with one attached hydrogen (secondary N) is 1. The van der Waals surface area contributed by atoms with Crippen molar-refractivity contribution in [3.63, 3.8) is 0 Å². The van der Waals surface area contributed by atoms with Crippen LogP contribution in [-0.2, 0) is 11.8 Å². The molecule has 0 aromatic carbocycles. The average molecular weight is 314 g/mol. The maximum absolute atomic E-state index is 12.3. The van der Waals surface area contributed by atoms with Gasteiger partial charge in [-0.3, -0.25) is 9.48 Å². The van der Waals surface area contributed by atoms with E-state index < -0.39 is 0 Å². The number of rotatable bonds is 3. The number of carbonyl (C=O) groups is 1. The summed E-state index contributed by atoms with van der Waals surface area (Å²) in [5.74, 6) is 0.671. The van der Waals surface area contributed by atoms with Crippen molar-refractivity contribution in [1.29, 1.82) is 0 Å². The molecule has 7 nitrogen and oxygen atoms in total. The van der Waals surface area contributed by atoms with Crippen LogP contribution >= 0.6 is 0 Å². The van der Waals surface area contributed by atoms with Crippen LogP contribution in [0.25, 0.3) is 0 Å². The molecule has 2 atom stereocenters. The summed E-state index contributed by atoms with van der Waals surface area (Å²) in [6.45, 7) is 5.94. The highest BCUT2D eigenvalue weighted by molar-refractivity contribution is 5.81. The third-order valence-corrected chi connectivity index (χ3v) is 4.56. The summed E-state index contributed by atoms with van der Waals surface area (Å²) < 4.78 is 1.86. The topological polar surface area (TPSA) is 75.9 Å². The Morgan fingerprint density at radius 1 is 1.26 bits per heavy atom. The van der Waals surface area contributed by atoms with Gasteiger partial charge in [-0.25, -0.2) is 9.97 Å². The van der Waals surface area contributed by atoms with E-state index >= 15 is 0 Å². The molecule has 0 radical (unpaired) electrons. The van der Waals surface area contributed by atoms with Gasteiger partial charge in [-0.15, -0.1) is 0 Å². The largest absolute Gasteiger partial charge is 0.349 e.